The van der Waals surface area contributed by atoms with Crippen molar-refractivity contribution in [3.05, 3.63) is 59.4 Å². The summed E-state index contributed by atoms with van der Waals surface area (Å²) in [7, 11) is 0. The molecule has 1 N–H and O–H groups in total. The number of ether oxygens (including phenoxy) is 1. The molecule has 0 heterocycles. The first kappa shape index (κ1) is 13.8. The maximum Gasteiger partial charge on any atom is 0.387 e. The minimum atomic E-state index is -3.03. The third-order valence-corrected chi connectivity index (χ3v) is 3.57. The Morgan fingerprint density at radius 2 is 1.71 bits per heavy atom. The average Bonchev–Trinajstić information content (AvgIpc) is 2.83. The number of hydrogen-bond donors (Lipinski definition) is 1. The molecular weight excluding hydrogens is 279 g/mol. The van der Waals surface area contributed by atoms with Crippen molar-refractivity contribution < 1.29 is 17.9 Å². The summed E-state index contributed by atoms with van der Waals surface area (Å²) in [4.78, 5) is 0. The molecule has 0 aromatic heterocycles. The first-order valence-electron chi connectivity index (χ1n) is 6.69. The Kier molecular flexibility index (Phi) is 3.73. The lowest BCUT2D eigenvalue weighted by Gasteiger charge is -2.14. The van der Waals surface area contributed by atoms with Gasteiger partial charge in [0.15, 0.2) is 11.6 Å². The van der Waals surface area contributed by atoms with Gasteiger partial charge in [0.05, 0.1) is 0 Å². The highest BCUT2D eigenvalue weighted by Gasteiger charge is 2.21. The Hall–Kier alpha value is -2.17. The van der Waals surface area contributed by atoms with Crippen LogP contribution in [0.5, 0.6) is 5.75 Å². The lowest BCUT2D eigenvalue weighted by Crippen LogP contribution is -2.19. The van der Waals surface area contributed by atoms with E-state index in [0.29, 0.717) is 5.69 Å². The van der Waals surface area contributed by atoms with Gasteiger partial charge in [-0.25, -0.2) is 4.39 Å². The number of benzene rings is 2. The molecule has 0 aliphatic heterocycles. The fraction of sp³-hybridized carbons (Fsp3) is 0.250. The summed E-state index contributed by atoms with van der Waals surface area (Å²) < 4.78 is 41.9. The Bertz CT molecular complexity index is 620. The third kappa shape index (κ3) is 3.12. The minimum absolute atomic E-state index is 0.184. The van der Waals surface area contributed by atoms with Crippen molar-refractivity contribution in [2.45, 2.75) is 25.5 Å². The summed E-state index contributed by atoms with van der Waals surface area (Å²) >= 11 is 0. The van der Waals surface area contributed by atoms with E-state index in [1.807, 2.05) is 12.1 Å². The topological polar surface area (TPSA) is 21.3 Å². The predicted molar refractivity (Wildman–Crippen MR) is 74.3 cm³/mol. The summed E-state index contributed by atoms with van der Waals surface area (Å²) in [6.45, 7) is -3.03. The van der Waals surface area contributed by atoms with Gasteiger partial charge < -0.3 is 10.1 Å². The average molecular weight is 293 g/mol. The van der Waals surface area contributed by atoms with Crippen molar-refractivity contribution >= 4 is 5.69 Å². The van der Waals surface area contributed by atoms with Gasteiger partial charge in [-0.15, -0.1) is 0 Å². The van der Waals surface area contributed by atoms with Crippen LogP contribution < -0.4 is 10.1 Å². The van der Waals surface area contributed by atoms with Crippen LogP contribution in [-0.2, 0) is 12.8 Å². The van der Waals surface area contributed by atoms with Gasteiger partial charge in [0.2, 0.25) is 0 Å². The molecule has 0 saturated heterocycles. The van der Waals surface area contributed by atoms with Crippen LogP contribution in [0.25, 0.3) is 0 Å². The van der Waals surface area contributed by atoms with Gasteiger partial charge in [-0.1, -0.05) is 24.3 Å². The van der Waals surface area contributed by atoms with Crippen molar-refractivity contribution in [3.63, 3.8) is 0 Å². The summed E-state index contributed by atoms with van der Waals surface area (Å²) in [6, 6.07) is 12.3. The Labute approximate surface area is 120 Å². The molecule has 0 atom stereocenters. The number of rotatable bonds is 4. The van der Waals surface area contributed by atoms with E-state index in [1.54, 1.807) is 6.07 Å². The van der Waals surface area contributed by atoms with Crippen LogP contribution in [0.3, 0.4) is 0 Å². The fourth-order valence-electron chi connectivity index (χ4n) is 2.68. The number of fused-ring (bicyclic) bond motifs is 1. The van der Waals surface area contributed by atoms with Crippen molar-refractivity contribution in [3.8, 4) is 5.75 Å². The molecule has 0 unspecified atom stereocenters. The summed E-state index contributed by atoms with van der Waals surface area (Å²) in [5.74, 6) is -1.24. The predicted octanol–water partition coefficient (Wildman–Crippen LogP) is 4.01. The highest BCUT2D eigenvalue weighted by molar-refractivity contribution is 5.49. The van der Waals surface area contributed by atoms with E-state index >= 15 is 0 Å². The van der Waals surface area contributed by atoms with Crippen molar-refractivity contribution in [2.24, 2.45) is 0 Å². The molecule has 0 bridgehead atoms. The van der Waals surface area contributed by atoms with Gasteiger partial charge in [0, 0.05) is 17.8 Å². The van der Waals surface area contributed by atoms with E-state index in [1.165, 1.54) is 23.3 Å². The van der Waals surface area contributed by atoms with E-state index in [4.69, 9.17) is 0 Å². The summed E-state index contributed by atoms with van der Waals surface area (Å²) in [5, 5.41) is 3.23. The van der Waals surface area contributed by atoms with E-state index in [2.05, 4.69) is 22.2 Å². The van der Waals surface area contributed by atoms with Crippen LogP contribution in [0.4, 0.5) is 18.9 Å². The zero-order valence-electron chi connectivity index (χ0n) is 11.2. The third-order valence-electron chi connectivity index (χ3n) is 3.57. The number of nitrogens with one attached hydrogen (secondary N) is 1. The molecule has 110 valence electrons. The molecule has 0 radical (unpaired) electrons. The van der Waals surface area contributed by atoms with Crippen LogP contribution in [0.15, 0.2) is 42.5 Å². The molecule has 2 aromatic rings. The lowest BCUT2D eigenvalue weighted by molar-refractivity contribution is -0.0521. The zero-order chi connectivity index (χ0) is 14.8. The molecule has 21 heavy (non-hydrogen) atoms. The second kappa shape index (κ2) is 5.68. The van der Waals surface area contributed by atoms with E-state index < -0.39 is 18.2 Å². The molecule has 2 aromatic carbocycles. The molecule has 0 fully saturated rings. The monoisotopic (exact) mass is 293 g/mol. The van der Waals surface area contributed by atoms with Crippen LogP contribution in [-0.4, -0.2) is 12.7 Å². The SMILES string of the molecule is Fc1cc(NC2Cc3ccccc3C2)ccc1OC(F)F. The zero-order valence-corrected chi connectivity index (χ0v) is 11.2. The van der Waals surface area contributed by atoms with Crippen LogP contribution >= 0.6 is 0 Å². The van der Waals surface area contributed by atoms with Crippen molar-refractivity contribution in [2.75, 3.05) is 5.32 Å². The molecule has 0 spiro atoms. The Balaban J connectivity index is 1.68. The molecule has 5 heteroatoms. The molecule has 2 nitrogen and oxygen atoms in total. The van der Waals surface area contributed by atoms with Crippen LogP contribution in [0, 0.1) is 5.82 Å². The standard InChI is InChI=1S/C16H14F3NO/c17-14-9-12(5-6-15(14)21-16(18)19)20-13-7-10-3-1-2-4-11(10)8-13/h1-6,9,13,16,20H,7-8H2. The van der Waals surface area contributed by atoms with Gasteiger partial charge in [-0.3, -0.25) is 0 Å². The Morgan fingerprint density at radius 1 is 1.05 bits per heavy atom. The number of hydrogen-bond acceptors (Lipinski definition) is 2. The Morgan fingerprint density at radius 3 is 2.29 bits per heavy atom. The number of anilines is 1. The van der Waals surface area contributed by atoms with Crippen molar-refractivity contribution in [1.29, 1.82) is 0 Å². The van der Waals surface area contributed by atoms with Crippen molar-refractivity contribution in [1.82, 2.24) is 0 Å². The van der Waals surface area contributed by atoms with Gasteiger partial charge in [-0.2, -0.15) is 8.78 Å². The van der Waals surface area contributed by atoms with E-state index in [0.717, 1.165) is 12.8 Å². The molecule has 1 aliphatic rings. The minimum Gasteiger partial charge on any atom is -0.432 e. The molecular formula is C16H14F3NO. The lowest BCUT2D eigenvalue weighted by atomic mass is 10.1. The van der Waals surface area contributed by atoms with Crippen LogP contribution in [0.2, 0.25) is 0 Å². The molecule has 1 aliphatic carbocycles. The van der Waals surface area contributed by atoms with E-state index in [9.17, 15) is 13.2 Å². The van der Waals surface area contributed by atoms with Gasteiger partial charge in [0.25, 0.3) is 0 Å². The highest BCUT2D eigenvalue weighted by atomic mass is 19.3. The summed E-state index contributed by atoms with van der Waals surface area (Å²) in [6.07, 6.45) is 1.74. The van der Waals surface area contributed by atoms with E-state index in [-0.39, 0.29) is 6.04 Å². The van der Waals surface area contributed by atoms with Gasteiger partial charge in [0.1, 0.15) is 0 Å². The van der Waals surface area contributed by atoms with Gasteiger partial charge >= 0.3 is 6.61 Å². The normalized spacial score (nSPS) is 14.3. The quantitative estimate of drug-likeness (QED) is 0.919. The number of alkyl halides is 2. The van der Waals surface area contributed by atoms with Crippen LogP contribution in [0.1, 0.15) is 11.1 Å². The molecule has 0 saturated carbocycles. The first-order valence-corrected chi connectivity index (χ1v) is 6.69. The maximum atomic E-state index is 13.6. The number of halogens is 3. The second-order valence-electron chi connectivity index (χ2n) is 5.04. The fourth-order valence-corrected chi connectivity index (χ4v) is 2.68. The second-order valence-corrected chi connectivity index (χ2v) is 5.04. The smallest absolute Gasteiger partial charge is 0.387 e. The highest BCUT2D eigenvalue weighted by Crippen LogP contribution is 2.27. The largest absolute Gasteiger partial charge is 0.432 e. The maximum absolute atomic E-state index is 13.6. The molecule has 3 rings (SSSR count). The van der Waals surface area contributed by atoms with Gasteiger partial charge in [-0.05, 0) is 36.1 Å². The molecule has 0 amide bonds. The first-order chi connectivity index (χ1) is 10.1. The summed E-state index contributed by atoms with van der Waals surface area (Å²) in [5.41, 5.74) is 3.13.